The molecule has 0 aliphatic rings. The molecule has 1 heterocycles. The highest BCUT2D eigenvalue weighted by atomic mass is 15.4. The van der Waals surface area contributed by atoms with E-state index >= 15 is 0 Å². The Morgan fingerprint density at radius 2 is 2.12 bits per heavy atom. The molecule has 0 aliphatic heterocycles. The first kappa shape index (κ1) is 13.2. The highest BCUT2D eigenvalue weighted by Crippen LogP contribution is 2.06. The summed E-state index contributed by atoms with van der Waals surface area (Å²) >= 11 is 0. The molecule has 0 unspecified atom stereocenters. The molecule has 4 heteroatoms. The van der Waals surface area contributed by atoms with Crippen LogP contribution in [0.4, 0.5) is 0 Å². The Labute approximate surface area is 98.2 Å². The second-order valence-corrected chi connectivity index (χ2v) is 4.75. The zero-order chi connectivity index (χ0) is 11.8. The molecule has 16 heavy (non-hydrogen) atoms. The van der Waals surface area contributed by atoms with E-state index in [0.717, 1.165) is 44.0 Å². The van der Waals surface area contributed by atoms with Gasteiger partial charge in [-0.1, -0.05) is 19.1 Å². The topological polar surface area (TPSA) is 56.7 Å². The van der Waals surface area contributed by atoms with Crippen LogP contribution in [0.15, 0.2) is 6.20 Å². The molecule has 0 aliphatic carbocycles. The molecule has 0 atom stereocenters. The second-order valence-electron chi connectivity index (χ2n) is 4.75. The number of aromatic nitrogens is 3. The van der Waals surface area contributed by atoms with Gasteiger partial charge in [0.15, 0.2) is 0 Å². The molecule has 2 N–H and O–H groups in total. The summed E-state index contributed by atoms with van der Waals surface area (Å²) in [5.41, 5.74) is 6.55. The van der Waals surface area contributed by atoms with Crippen LogP contribution in [-0.2, 0) is 13.0 Å². The van der Waals surface area contributed by atoms with E-state index in [4.69, 9.17) is 5.73 Å². The first-order chi connectivity index (χ1) is 7.72. The summed E-state index contributed by atoms with van der Waals surface area (Å²) < 4.78 is 1.96. The van der Waals surface area contributed by atoms with E-state index in [-0.39, 0.29) is 0 Å². The van der Waals surface area contributed by atoms with Crippen LogP contribution in [0.3, 0.4) is 0 Å². The molecule has 1 aromatic rings. The van der Waals surface area contributed by atoms with Gasteiger partial charge >= 0.3 is 0 Å². The summed E-state index contributed by atoms with van der Waals surface area (Å²) in [5.74, 6) is 0.771. The highest BCUT2D eigenvalue weighted by Gasteiger charge is 2.01. The first-order valence-corrected chi connectivity index (χ1v) is 6.31. The largest absolute Gasteiger partial charge is 0.330 e. The Kier molecular flexibility index (Phi) is 6.08. The van der Waals surface area contributed by atoms with Gasteiger partial charge in [0.2, 0.25) is 0 Å². The third-order valence-corrected chi connectivity index (χ3v) is 2.64. The molecule has 0 saturated carbocycles. The summed E-state index contributed by atoms with van der Waals surface area (Å²) in [4.78, 5) is 0. The maximum absolute atomic E-state index is 5.45. The molecule has 1 aromatic heterocycles. The number of rotatable bonds is 8. The summed E-state index contributed by atoms with van der Waals surface area (Å²) in [6, 6.07) is 0. The highest BCUT2D eigenvalue weighted by molar-refractivity contribution is 4.92. The minimum absolute atomic E-state index is 0.766. The molecule has 0 saturated heterocycles. The van der Waals surface area contributed by atoms with Crippen molar-refractivity contribution in [3.8, 4) is 0 Å². The maximum atomic E-state index is 5.45. The predicted octanol–water partition coefficient (Wildman–Crippen LogP) is 2.00. The summed E-state index contributed by atoms with van der Waals surface area (Å²) in [5, 5.41) is 8.29. The second kappa shape index (κ2) is 7.39. The Morgan fingerprint density at radius 1 is 1.31 bits per heavy atom. The average molecular weight is 224 g/mol. The molecule has 4 nitrogen and oxygen atoms in total. The Balaban J connectivity index is 2.22. The van der Waals surface area contributed by atoms with Crippen LogP contribution < -0.4 is 5.73 Å². The Morgan fingerprint density at radius 3 is 2.81 bits per heavy atom. The molecular weight excluding hydrogens is 200 g/mol. The van der Waals surface area contributed by atoms with Crippen LogP contribution in [0.1, 0.15) is 45.2 Å². The quantitative estimate of drug-likeness (QED) is 0.687. The third kappa shape index (κ3) is 5.26. The van der Waals surface area contributed by atoms with Gasteiger partial charge in [-0.25, -0.2) is 0 Å². The molecule has 1 rings (SSSR count). The van der Waals surface area contributed by atoms with Crippen molar-refractivity contribution in [1.29, 1.82) is 0 Å². The lowest BCUT2D eigenvalue weighted by molar-refractivity contribution is 0.482. The number of unbranched alkanes of at least 4 members (excludes halogenated alkanes) is 1. The monoisotopic (exact) mass is 224 g/mol. The number of nitrogens with two attached hydrogens (primary N) is 1. The standard InChI is InChI=1S/C12H24N4/c1-11(2)6-5-9-16-10-12(14-15-16)7-3-4-8-13/h10-11H,3-9,13H2,1-2H3. The summed E-state index contributed by atoms with van der Waals surface area (Å²) in [7, 11) is 0. The number of nitrogens with zero attached hydrogens (tertiary/aromatic N) is 3. The molecular formula is C12H24N4. The average Bonchev–Trinajstić information content (AvgIpc) is 2.66. The van der Waals surface area contributed by atoms with Crippen molar-refractivity contribution in [3.05, 3.63) is 11.9 Å². The Bertz CT molecular complexity index is 280. The fourth-order valence-electron chi connectivity index (χ4n) is 1.67. The summed E-state index contributed by atoms with van der Waals surface area (Å²) in [6.45, 7) is 6.25. The van der Waals surface area contributed by atoms with Gasteiger partial charge < -0.3 is 5.73 Å². The van der Waals surface area contributed by atoms with E-state index in [1.165, 1.54) is 12.8 Å². The van der Waals surface area contributed by atoms with Crippen molar-refractivity contribution in [2.75, 3.05) is 6.54 Å². The van der Waals surface area contributed by atoms with Crippen molar-refractivity contribution in [2.24, 2.45) is 11.7 Å². The van der Waals surface area contributed by atoms with Crippen LogP contribution >= 0.6 is 0 Å². The lowest BCUT2D eigenvalue weighted by atomic mass is 10.1. The van der Waals surface area contributed by atoms with Gasteiger partial charge in [-0.05, 0) is 44.6 Å². The zero-order valence-electron chi connectivity index (χ0n) is 10.5. The molecule has 92 valence electrons. The van der Waals surface area contributed by atoms with E-state index in [2.05, 4.69) is 30.4 Å². The van der Waals surface area contributed by atoms with Crippen molar-refractivity contribution < 1.29 is 0 Å². The van der Waals surface area contributed by atoms with Gasteiger partial charge in [-0.15, -0.1) is 5.10 Å². The Hall–Kier alpha value is -0.900. The lowest BCUT2D eigenvalue weighted by Gasteiger charge is -2.03. The van der Waals surface area contributed by atoms with Gasteiger partial charge in [0.05, 0.1) is 5.69 Å². The molecule has 0 radical (unpaired) electrons. The third-order valence-electron chi connectivity index (χ3n) is 2.64. The maximum Gasteiger partial charge on any atom is 0.0827 e. The van der Waals surface area contributed by atoms with Crippen molar-refractivity contribution >= 4 is 0 Å². The normalized spacial score (nSPS) is 11.2. The molecule has 0 bridgehead atoms. The summed E-state index contributed by atoms with van der Waals surface area (Å²) in [6.07, 6.45) is 7.69. The lowest BCUT2D eigenvalue weighted by Crippen LogP contribution is -2.00. The van der Waals surface area contributed by atoms with E-state index in [0.29, 0.717) is 0 Å². The van der Waals surface area contributed by atoms with Crippen LogP contribution in [0.2, 0.25) is 0 Å². The van der Waals surface area contributed by atoms with Crippen molar-refractivity contribution in [2.45, 2.75) is 52.5 Å². The van der Waals surface area contributed by atoms with Gasteiger partial charge in [-0.2, -0.15) is 0 Å². The van der Waals surface area contributed by atoms with Crippen molar-refractivity contribution in [3.63, 3.8) is 0 Å². The number of hydrogen-bond acceptors (Lipinski definition) is 3. The van der Waals surface area contributed by atoms with Gasteiger partial charge in [0.25, 0.3) is 0 Å². The van der Waals surface area contributed by atoms with Crippen LogP contribution in [-0.4, -0.2) is 21.5 Å². The minimum atomic E-state index is 0.766. The first-order valence-electron chi connectivity index (χ1n) is 6.31. The smallest absolute Gasteiger partial charge is 0.0827 e. The molecule has 0 fully saturated rings. The fourth-order valence-corrected chi connectivity index (χ4v) is 1.67. The van der Waals surface area contributed by atoms with E-state index < -0.39 is 0 Å². The minimum Gasteiger partial charge on any atom is -0.330 e. The fraction of sp³-hybridized carbons (Fsp3) is 0.833. The van der Waals surface area contributed by atoms with Gasteiger partial charge in [0, 0.05) is 12.7 Å². The number of hydrogen-bond donors (Lipinski definition) is 1. The van der Waals surface area contributed by atoms with Crippen LogP contribution in [0, 0.1) is 5.92 Å². The van der Waals surface area contributed by atoms with Crippen molar-refractivity contribution in [1.82, 2.24) is 15.0 Å². The van der Waals surface area contributed by atoms with E-state index in [1.54, 1.807) is 0 Å². The predicted molar refractivity (Wildman–Crippen MR) is 66.1 cm³/mol. The van der Waals surface area contributed by atoms with Crippen LogP contribution in [0.25, 0.3) is 0 Å². The molecule has 0 spiro atoms. The molecule has 0 amide bonds. The van der Waals surface area contributed by atoms with E-state index in [9.17, 15) is 0 Å². The van der Waals surface area contributed by atoms with Gasteiger partial charge in [0.1, 0.15) is 0 Å². The zero-order valence-corrected chi connectivity index (χ0v) is 10.5. The van der Waals surface area contributed by atoms with Crippen LogP contribution in [0.5, 0.6) is 0 Å². The van der Waals surface area contributed by atoms with E-state index in [1.807, 2.05) is 4.68 Å². The number of aryl methyl sites for hydroxylation is 2. The van der Waals surface area contributed by atoms with Gasteiger partial charge in [-0.3, -0.25) is 4.68 Å². The SMILES string of the molecule is CC(C)CCCn1cc(CCCCN)nn1. The molecule has 0 aromatic carbocycles.